The van der Waals surface area contributed by atoms with E-state index >= 15 is 0 Å². The molecule has 0 fully saturated rings. The van der Waals surface area contributed by atoms with E-state index in [1.54, 1.807) is 0 Å². The molecule has 2 atom stereocenters. The summed E-state index contributed by atoms with van der Waals surface area (Å²) in [6, 6.07) is -2.47. The van der Waals surface area contributed by atoms with Crippen LogP contribution in [0, 0.1) is 0 Å². The number of methoxy groups -OCH3 is 1. The van der Waals surface area contributed by atoms with Gasteiger partial charge in [-0.2, -0.15) is 0 Å². The molecule has 7 nitrogen and oxygen atoms in total. The maximum atomic E-state index is 11.5. The minimum absolute atomic E-state index is 0.353. The summed E-state index contributed by atoms with van der Waals surface area (Å²) in [5, 5.41) is 13.5. The number of carboxylic acids is 1. The number of rotatable bonds is 7. The van der Waals surface area contributed by atoms with E-state index in [1.807, 2.05) is 6.92 Å². The number of esters is 1. The first kappa shape index (κ1) is 16.2. The molecular weight excluding hydrogens is 240 g/mol. The second kappa shape index (κ2) is 8.32. The topological polar surface area (TPSA) is 105 Å². The Morgan fingerprint density at radius 1 is 1.28 bits per heavy atom. The molecule has 18 heavy (non-hydrogen) atoms. The number of carboxylic acid groups (broad SMARTS) is 1. The second-order valence-electron chi connectivity index (χ2n) is 3.90. The predicted octanol–water partition coefficient (Wildman–Crippen LogP) is 0.491. The van der Waals surface area contributed by atoms with Crippen LogP contribution in [-0.4, -0.2) is 42.3 Å². The van der Waals surface area contributed by atoms with Crippen LogP contribution >= 0.6 is 0 Å². The average molecular weight is 260 g/mol. The number of hydrogen-bond acceptors (Lipinski definition) is 4. The summed E-state index contributed by atoms with van der Waals surface area (Å²) < 4.78 is 4.43. The molecule has 3 N–H and O–H groups in total. The van der Waals surface area contributed by atoms with Crippen LogP contribution in [0.2, 0.25) is 0 Å². The smallest absolute Gasteiger partial charge is 0.328 e. The summed E-state index contributed by atoms with van der Waals surface area (Å²) in [6.07, 6.45) is 1.89. The number of hydrogen-bond donors (Lipinski definition) is 3. The van der Waals surface area contributed by atoms with Gasteiger partial charge in [0.25, 0.3) is 0 Å². The van der Waals surface area contributed by atoms with Gasteiger partial charge in [0.15, 0.2) is 0 Å². The second-order valence-corrected chi connectivity index (χ2v) is 3.90. The fourth-order valence-electron chi connectivity index (χ4n) is 1.30. The van der Waals surface area contributed by atoms with Gasteiger partial charge in [-0.25, -0.2) is 14.4 Å². The first-order valence-electron chi connectivity index (χ1n) is 5.80. The van der Waals surface area contributed by atoms with Gasteiger partial charge in [0.1, 0.15) is 12.1 Å². The molecule has 0 bridgehead atoms. The molecule has 0 aliphatic rings. The van der Waals surface area contributed by atoms with Crippen molar-refractivity contribution in [2.24, 2.45) is 0 Å². The van der Waals surface area contributed by atoms with E-state index in [0.29, 0.717) is 12.8 Å². The van der Waals surface area contributed by atoms with Gasteiger partial charge < -0.3 is 20.5 Å². The minimum atomic E-state index is -1.09. The lowest BCUT2D eigenvalue weighted by molar-refractivity contribution is -0.142. The molecule has 0 aliphatic carbocycles. The van der Waals surface area contributed by atoms with E-state index in [-0.39, 0.29) is 0 Å². The van der Waals surface area contributed by atoms with Crippen LogP contribution in [0.4, 0.5) is 4.79 Å². The number of ether oxygens (including phenoxy) is 1. The van der Waals surface area contributed by atoms with Crippen molar-refractivity contribution in [1.82, 2.24) is 10.6 Å². The van der Waals surface area contributed by atoms with E-state index in [0.717, 1.165) is 6.42 Å². The van der Waals surface area contributed by atoms with Gasteiger partial charge in [-0.1, -0.05) is 19.8 Å². The van der Waals surface area contributed by atoms with Crippen molar-refractivity contribution in [2.45, 2.75) is 45.2 Å². The van der Waals surface area contributed by atoms with Crippen LogP contribution in [0.3, 0.4) is 0 Å². The van der Waals surface area contributed by atoms with Crippen LogP contribution in [0.25, 0.3) is 0 Å². The Labute approximate surface area is 106 Å². The van der Waals surface area contributed by atoms with Gasteiger partial charge in [0, 0.05) is 0 Å². The maximum Gasteiger partial charge on any atom is 0.328 e. The van der Waals surface area contributed by atoms with Crippen molar-refractivity contribution >= 4 is 18.0 Å². The molecule has 0 rings (SSSR count). The summed E-state index contributed by atoms with van der Waals surface area (Å²) in [5.41, 5.74) is 0. The third-order valence-corrected chi connectivity index (χ3v) is 2.35. The molecule has 0 saturated heterocycles. The van der Waals surface area contributed by atoms with Gasteiger partial charge in [-0.05, 0) is 13.3 Å². The van der Waals surface area contributed by atoms with Crippen LogP contribution < -0.4 is 10.6 Å². The monoisotopic (exact) mass is 260 g/mol. The number of nitrogens with one attached hydrogen (secondary N) is 2. The first-order valence-corrected chi connectivity index (χ1v) is 5.80. The Kier molecular flexibility index (Phi) is 7.50. The molecule has 0 aromatic heterocycles. The highest BCUT2D eigenvalue weighted by Gasteiger charge is 2.21. The molecule has 0 aromatic rings. The zero-order chi connectivity index (χ0) is 14.1. The Morgan fingerprint density at radius 2 is 1.89 bits per heavy atom. The number of carbonyl (C=O) groups is 3. The Morgan fingerprint density at radius 3 is 2.33 bits per heavy atom. The lowest BCUT2D eigenvalue weighted by atomic mass is 10.1. The van der Waals surface area contributed by atoms with E-state index in [4.69, 9.17) is 5.11 Å². The van der Waals surface area contributed by atoms with Crippen molar-refractivity contribution in [3.05, 3.63) is 0 Å². The molecule has 2 amide bonds. The third kappa shape index (κ3) is 6.07. The van der Waals surface area contributed by atoms with Crippen molar-refractivity contribution in [3.63, 3.8) is 0 Å². The van der Waals surface area contributed by atoms with E-state index in [2.05, 4.69) is 15.4 Å². The quantitative estimate of drug-likeness (QED) is 0.578. The van der Waals surface area contributed by atoms with Crippen LogP contribution in [0.5, 0.6) is 0 Å². The first-order chi connectivity index (χ1) is 8.42. The number of amides is 2. The molecule has 0 aromatic carbocycles. The number of urea groups is 1. The van der Waals surface area contributed by atoms with Crippen LogP contribution in [0.1, 0.15) is 33.1 Å². The molecule has 0 aliphatic heterocycles. The van der Waals surface area contributed by atoms with Gasteiger partial charge in [0.2, 0.25) is 0 Å². The standard InChI is InChI=1S/C11H20N2O5/c1-4-5-6-8(9(14)15)13-11(17)12-7(2)10(16)18-3/h7-8H,4-6H2,1-3H3,(H,14,15)(H2,12,13,17)/t7?,8-/m0/s1. The molecule has 0 heterocycles. The van der Waals surface area contributed by atoms with E-state index < -0.39 is 30.1 Å². The maximum absolute atomic E-state index is 11.5. The molecule has 0 radical (unpaired) electrons. The molecule has 0 spiro atoms. The van der Waals surface area contributed by atoms with Gasteiger partial charge in [-0.15, -0.1) is 0 Å². The highest BCUT2D eigenvalue weighted by atomic mass is 16.5. The predicted molar refractivity (Wildman–Crippen MR) is 64.1 cm³/mol. The lowest BCUT2D eigenvalue weighted by Gasteiger charge is -2.17. The Hall–Kier alpha value is -1.79. The largest absolute Gasteiger partial charge is 0.480 e. The lowest BCUT2D eigenvalue weighted by Crippen LogP contribution is -2.50. The molecule has 1 unspecified atom stereocenters. The Bertz CT molecular complexity index is 306. The third-order valence-electron chi connectivity index (χ3n) is 2.35. The molecule has 104 valence electrons. The summed E-state index contributed by atoms with van der Waals surface area (Å²) in [5.74, 6) is -1.69. The van der Waals surface area contributed by atoms with E-state index in [1.165, 1.54) is 14.0 Å². The van der Waals surface area contributed by atoms with Gasteiger partial charge in [0.05, 0.1) is 7.11 Å². The Balaban J connectivity index is 4.25. The highest BCUT2D eigenvalue weighted by molar-refractivity contribution is 5.86. The summed E-state index contributed by atoms with van der Waals surface area (Å²) in [6.45, 7) is 3.38. The average Bonchev–Trinajstić information content (AvgIpc) is 2.32. The zero-order valence-electron chi connectivity index (χ0n) is 10.9. The van der Waals surface area contributed by atoms with Crippen molar-refractivity contribution < 1.29 is 24.2 Å². The fraction of sp³-hybridized carbons (Fsp3) is 0.727. The molecule has 0 saturated carbocycles. The van der Waals surface area contributed by atoms with E-state index in [9.17, 15) is 14.4 Å². The fourth-order valence-corrected chi connectivity index (χ4v) is 1.30. The number of aliphatic carboxylic acids is 1. The van der Waals surface area contributed by atoms with Gasteiger partial charge >= 0.3 is 18.0 Å². The van der Waals surface area contributed by atoms with Crippen LogP contribution in [0.15, 0.2) is 0 Å². The van der Waals surface area contributed by atoms with Gasteiger partial charge in [-0.3, -0.25) is 0 Å². The molecular formula is C11H20N2O5. The summed E-state index contributed by atoms with van der Waals surface area (Å²) in [4.78, 5) is 33.4. The molecule has 7 heteroatoms. The van der Waals surface area contributed by atoms with Crippen molar-refractivity contribution in [1.29, 1.82) is 0 Å². The van der Waals surface area contributed by atoms with Crippen molar-refractivity contribution in [3.8, 4) is 0 Å². The van der Waals surface area contributed by atoms with Crippen LogP contribution in [-0.2, 0) is 14.3 Å². The number of unbranched alkanes of at least 4 members (excludes halogenated alkanes) is 1. The number of carbonyl (C=O) groups excluding carboxylic acids is 2. The van der Waals surface area contributed by atoms with Crippen molar-refractivity contribution in [2.75, 3.05) is 7.11 Å². The summed E-state index contributed by atoms with van der Waals surface area (Å²) in [7, 11) is 1.21. The zero-order valence-corrected chi connectivity index (χ0v) is 10.9. The normalized spacial score (nSPS) is 13.3. The highest BCUT2D eigenvalue weighted by Crippen LogP contribution is 2.00. The summed E-state index contributed by atoms with van der Waals surface area (Å²) >= 11 is 0. The SMILES string of the molecule is CCCC[C@H](NC(=O)NC(C)C(=O)OC)C(=O)O. The minimum Gasteiger partial charge on any atom is -0.480 e.